The predicted molar refractivity (Wildman–Crippen MR) is 74.0 cm³/mol. The van der Waals surface area contributed by atoms with E-state index in [1.54, 1.807) is 12.1 Å². The van der Waals surface area contributed by atoms with Crippen LogP contribution < -0.4 is 4.72 Å². The summed E-state index contributed by atoms with van der Waals surface area (Å²) in [5.74, 6) is -1.10. The monoisotopic (exact) mass is 301 g/mol. The highest BCUT2D eigenvalue weighted by molar-refractivity contribution is 7.89. The number of hydrogen-bond acceptors (Lipinski definition) is 4. The number of aliphatic carboxylic acids is 1. The molecule has 1 unspecified atom stereocenters. The van der Waals surface area contributed by atoms with Crippen LogP contribution in [0.4, 0.5) is 0 Å². The molecule has 0 aliphatic carbocycles. The molecule has 0 amide bonds. The summed E-state index contributed by atoms with van der Waals surface area (Å²) < 4.78 is 25.9. The second kappa shape index (κ2) is 6.83. The van der Waals surface area contributed by atoms with E-state index in [0.717, 1.165) is 12.0 Å². The van der Waals surface area contributed by atoms with Gasteiger partial charge in [-0.05, 0) is 30.0 Å². The Balaban J connectivity index is 2.96. The largest absolute Gasteiger partial charge is 0.480 e. The van der Waals surface area contributed by atoms with Crippen molar-refractivity contribution >= 4 is 16.0 Å². The molecule has 0 aromatic heterocycles. The Morgan fingerprint density at radius 1 is 1.30 bits per heavy atom. The van der Waals surface area contributed by atoms with E-state index in [-0.39, 0.29) is 4.90 Å². The van der Waals surface area contributed by atoms with E-state index in [0.29, 0.717) is 5.92 Å². The van der Waals surface area contributed by atoms with Gasteiger partial charge in [-0.15, -0.1) is 0 Å². The fraction of sp³-hybridized carbons (Fsp3) is 0.462. The zero-order chi connectivity index (χ0) is 15.3. The van der Waals surface area contributed by atoms with Crippen LogP contribution in [0.1, 0.15) is 31.7 Å². The molecule has 0 spiro atoms. The third-order valence-electron chi connectivity index (χ3n) is 3.15. The number of hydrogen-bond donors (Lipinski definition) is 3. The van der Waals surface area contributed by atoms with E-state index >= 15 is 0 Å². The first-order chi connectivity index (χ1) is 9.31. The van der Waals surface area contributed by atoms with Gasteiger partial charge in [-0.3, -0.25) is 4.79 Å². The number of benzene rings is 1. The van der Waals surface area contributed by atoms with Crippen molar-refractivity contribution in [2.45, 2.75) is 37.1 Å². The maximum Gasteiger partial charge on any atom is 0.324 e. The number of carboxylic acids is 1. The molecular formula is C13H19NO5S. The lowest BCUT2D eigenvalue weighted by Gasteiger charge is -2.13. The molecule has 0 aliphatic heterocycles. The number of nitrogens with one attached hydrogen (secondary N) is 1. The van der Waals surface area contributed by atoms with Gasteiger partial charge in [-0.2, -0.15) is 4.72 Å². The number of sulfonamides is 1. The van der Waals surface area contributed by atoms with E-state index in [1.165, 1.54) is 12.1 Å². The van der Waals surface area contributed by atoms with Crippen LogP contribution in [-0.2, 0) is 14.8 Å². The molecule has 20 heavy (non-hydrogen) atoms. The molecule has 2 atom stereocenters. The number of rotatable bonds is 7. The van der Waals surface area contributed by atoms with Crippen LogP contribution in [0.25, 0.3) is 0 Å². The summed E-state index contributed by atoms with van der Waals surface area (Å²) in [6.45, 7) is 3.27. The molecule has 7 heteroatoms. The van der Waals surface area contributed by atoms with Crippen LogP contribution in [0.2, 0.25) is 0 Å². The summed E-state index contributed by atoms with van der Waals surface area (Å²) in [5, 5.41) is 17.6. The molecule has 6 nitrogen and oxygen atoms in total. The van der Waals surface area contributed by atoms with Gasteiger partial charge in [0.1, 0.15) is 6.04 Å². The Morgan fingerprint density at radius 3 is 2.25 bits per heavy atom. The minimum Gasteiger partial charge on any atom is -0.480 e. The minimum absolute atomic E-state index is 0.0238. The highest BCUT2D eigenvalue weighted by atomic mass is 32.2. The lowest BCUT2D eigenvalue weighted by Crippen LogP contribution is -2.43. The molecule has 0 aliphatic rings. The summed E-state index contributed by atoms with van der Waals surface area (Å²) in [5.41, 5.74) is 1.02. The first-order valence-corrected chi connectivity index (χ1v) is 7.76. The molecule has 0 heterocycles. The average molecular weight is 301 g/mol. The van der Waals surface area contributed by atoms with Crippen LogP contribution in [0.3, 0.4) is 0 Å². The van der Waals surface area contributed by atoms with Gasteiger partial charge >= 0.3 is 5.97 Å². The van der Waals surface area contributed by atoms with Crippen LogP contribution >= 0.6 is 0 Å². The molecule has 112 valence electrons. The van der Waals surface area contributed by atoms with Gasteiger partial charge in [0.25, 0.3) is 0 Å². The van der Waals surface area contributed by atoms with Gasteiger partial charge in [-0.25, -0.2) is 8.42 Å². The first-order valence-electron chi connectivity index (χ1n) is 6.27. The smallest absolute Gasteiger partial charge is 0.324 e. The quantitative estimate of drug-likeness (QED) is 0.695. The predicted octanol–water partition coefficient (Wildman–Crippen LogP) is 0.924. The second-order valence-electron chi connectivity index (χ2n) is 4.57. The Labute approximate surface area is 118 Å². The first kappa shape index (κ1) is 16.6. The third-order valence-corrected chi connectivity index (χ3v) is 4.64. The molecule has 1 rings (SSSR count). The van der Waals surface area contributed by atoms with Crippen molar-refractivity contribution in [1.29, 1.82) is 0 Å². The highest BCUT2D eigenvalue weighted by Crippen LogP contribution is 2.20. The molecule has 0 saturated heterocycles. The standard InChI is InChI=1S/C13H19NO5S/c1-3-9(2)10-4-6-11(7-5-10)20(18,19)14-12(8-15)13(16)17/h4-7,9,12,14-15H,3,8H2,1-2H3,(H,16,17)/t9?,12-/m1/s1. The lowest BCUT2D eigenvalue weighted by atomic mass is 9.99. The van der Waals surface area contributed by atoms with E-state index in [1.807, 2.05) is 18.6 Å². The third kappa shape index (κ3) is 4.03. The van der Waals surface area contributed by atoms with Crippen molar-refractivity contribution < 1.29 is 23.4 Å². The van der Waals surface area contributed by atoms with Gasteiger partial charge in [0, 0.05) is 0 Å². The van der Waals surface area contributed by atoms with Crippen molar-refractivity contribution in [2.24, 2.45) is 0 Å². The van der Waals surface area contributed by atoms with E-state index in [4.69, 9.17) is 10.2 Å². The van der Waals surface area contributed by atoms with Crippen molar-refractivity contribution in [1.82, 2.24) is 4.72 Å². The summed E-state index contributed by atoms with van der Waals surface area (Å²) in [6, 6.07) is 4.73. The van der Waals surface area contributed by atoms with Crippen molar-refractivity contribution in [3.63, 3.8) is 0 Å². The molecule has 0 fully saturated rings. The number of carboxylic acid groups (broad SMARTS) is 1. The van der Waals surface area contributed by atoms with Gasteiger partial charge < -0.3 is 10.2 Å². The molecule has 0 saturated carbocycles. The van der Waals surface area contributed by atoms with Crippen LogP contribution in [0, 0.1) is 0 Å². The fourth-order valence-electron chi connectivity index (χ4n) is 1.63. The number of carbonyl (C=O) groups is 1. The minimum atomic E-state index is -3.96. The van der Waals surface area contributed by atoms with Gasteiger partial charge in [-0.1, -0.05) is 26.0 Å². The molecule has 1 aromatic carbocycles. The van der Waals surface area contributed by atoms with Crippen LogP contribution in [0.15, 0.2) is 29.2 Å². The van der Waals surface area contributed by atoms with Crippen LogP contribution in [-0.4, -0.2) is 37.2 Å². The van der Waals surface area contributed by atoms with Crippen LogP contribution in [0.5, 0.6) is 0 Å². The summed E-state index contributed by atoms with van der Waals surface area (Å²) in [7, 11) is -3.96. The molecule has 0 bridgehead atoms. The molecule has 1 aromatic rings. The van der Waals surface area contributed by atoms with E-state index in [9.17, 15) is 13.2 Å². The van der Waals surface area contributed by atoms with E-state index < -0.39 is 28.6 Å². The SMILES string of the molecule is CCC(C)c1ccc(S(=O)(=O)N[C@H](CO)C(=O)O)cc1. The highest BCUT2D eigenvalue weighted by Gasteiger charge is 2.24. The van der Waals surface area contributed by atoms with Gasteiger partial charge in [0.2, 0.25) is 10.0 Å². The lowest BCUT2D eigenvalue weighted by molar-refractivity contribution is -0.139. The zero-order valence-electron chi connectivity index (χ0n) is 11.4. The Morgan fingerprint density at radius 2 is 1.85 bits per heavy atom. The van der Waals surface area contributed by atoms with Crippen molar-refractivity contribution in [2.75, 3.05) is 6.61 Å². The molecule has 0 radical (unpaired) electrons. The zero-order valence-corrected chi connectivity index (χ0v) is 12.2. The number of aliphatic hydroxyl groups is 1. The molecular weight excluding hydrogens is 282 g/mol. The van der Waals surface area contributed by atoms with Gasteiger partial charge in [0.15, 0.2) is 0 Å². The topological polar surface area (TPSA) is 104 Å². The maximum absolute atomic E-state index is 12.0. The maximum atomic E-state index is 12.0. The molecule has 3 N–H and O–H groups in total. The Hall–Kier alpha value is -1.44. The van der Waals surface area contributed by atoms with Gasteiger partial charge in [0.05, 0.1) is 11.5 Å². The van der Waals surface area contributed by atoms with Crippen molar-refractivity contribution in [3.05, 3.63) is 29.8 Å². The number of aliphatic hydroxyl groups excluding tert-OH is 1. The van der Waals surface area contributed by atoms with E-state index in [2.05, 4.69) is 0 Å². The van der Waals surface area contributed by atoms with Crippen molar-refractivity contribution in [3.8, 4) is 0 Å². The Kier molecular flexibility index (Phi) is 5.67. The average Bonchev–Trinajstić information content (AvgIpc) is 2.43. The summed E-state index contributed by atoms with van der Waals surface area (Å²) >= 11 is 0. The second-order valence-corrected chi connectivity index (χ2v) is 6.29. The summed E-state index contributed by atoms with van der Waals surface area (Å²) in [4.78, 5) is 10.7. The summed E-state index contributed by atoms with van der Waals surface area (Å²) in [6.07, 6.45) is 0.940. The Bertz CT molecular complexity index is 553. The normalized spacial score (nSPS) is 14.8. The fourth-order valence-corrected chi connectivity index (χ4v) is 2.81.